The van der Waals surface area contributed by atoms with Crippen molar-refractivity contribution in [3.05, 3.63) is 65.2 Å². The van der Waals surface area contributed by atoms with E-state index in [2.05, 4.69) is 12.2 Å². The molecule has 126 valence electrons. The lowest BCUT2D eigenvalue weighted by Gasteiger charge is -2.09. The molecule has 0 saturated heterocycles. The molecule has 0 aromatic heterocycles. The number of rotatable bonds is 7. The Morgan fingerprint density at radius 1 is 1.08 bits per heavy atom. The van der Waals surface area contributed by atoms with E-state index in [1.54, 1.807) is 12.2 Å². The molecule has 3 nitrogen and oxygen atoms in total. The molecule has 24 heavy (non-hydrogen) atoms. The van der Waals surface area contributed by atoms with E-state index < -0.39 is 0 Å². The van der Waals surface area contributed by atoms with Gasteiger partial charge in [0, 0.05) is 11.8 Å². The van der Waals surface area contributed by atoms with E-state index >= 15 is 0 Å². The number of ether oxygens (including phenoxy) is 1. The molecule has 2 aromatic carbocycles. The average Bonchev–Trinajstić information content (AvgIpc) is 2.58. The highest BCUT2D eigenvalue weighted by Crippen LogP contribution is 2.19. The monoisotopic (exact) mass is 323 g/mol. The van der Waals surface area contributed by atoms with E-state index in [9.17, 15) is 4.79 Å². The summed E-state index contributed by atoms with van der Waals surface area (Å²) in [5, 5.41) is 2.94. The number of carbonyl (C=O) groups is 1. The number of para-hydroxylation sites is 1. The Kier molecular flexibility index (Phi) is 6.62. The summed E-state index contributed by atoms with van der Waals surface area (Å²) in [4.78, 5) is 12.1. The zero-order chi connectivity index (χ0) is 17.4. The highest BCUT2D eigenvalue weighted by molar-refractivity contribution is 6.02. The zero-order valence-electron chi connectivity index (χ0n) is 14.6. The van der Waals surface area contributed by atoms with Gasteiger partial charge in [-0.1, -0.05) is 43.7 Å². The highest BCUT2D eigenvalue weighted by Gasteiger charge is 2.04. The van der Waals surface area contributed by atoms with Crippen LogP contribution in [0.4, 0.5) is 5.69 Å². The highest BCUT2D eigenvalue weighted by atomic mass is 16.5. The van der Waals surface area contributed by atoms with Crippen molar-refractivity contribution in [2.45, 2.75) is 33.6 Å². The van der Waals surface area contributed by atoms with Crippen LogP contribution in [0.2, 0.25) is 0 Å². The molecule has 0 spiro atoms. The van der Waals surface area contributed by atoms with Crippen molar-refractivity contribution in [1.29, 1.82) is 0 Å². The number of unbranched alkanes of at least 4 members (excludes halogenated alkanes) is 1. The molecule has 0 aliphatic carbocycles. The fourth-order valence-corrected chi connectivity index (χ4v) is 2.36. The van der Waals surface area contributed by atoms with Crippen LogP contribution in [0.5, 0.6) is 5.75 Å². The van der Waals surface area contributed by atoms with Gasteiger partial charge in [0.1, 0.15) is 5.75 Å². The molecule has 0 atom stereocenters. The van der Waals surface area contributed by atoms with Crippen LogP contribution < -0.4 is 10.1 Å². The van der Waals surface area contributed by atoms with Crippen molar-refractivity contribution >= 4 is 17.7 Å². The summed E-state index contributed by atoms with van der Waals surface area (Å²) in [5.74, 6) is 0.733. The molecular formula is C21H25NO2. The van der Waals surface area contributed by atoms with Crippen molar-refractivity contribution in [2.75, 3.05) is 11.9 Å². The number of hydrogen-bond acceptors (Lipinski definition) is 2. The first-order valence-corrected chi connectivity index (χ1v) is 8.38. The second-order valence-electron chi connectivity index (χ2n) is 5.86. The Morgan fingerprint density at radius 2 is 1.75 bits per heavy atom. The molecule has 0 fully saturated rings. The van der Waals surface area contributed by atoms with Crippen molar-refractivity contribution in [3.8, 4) is 5.75 Å². The number of carbonyl (C=O) groups excluding carboxylic acids is 1. The molecular weight excluding hydrogens is 298 g/mol. The van der Waals surface area contributed by atoms with Crippen LogP contribution >= 0.6 is 0 Å². The third-order valence-electron chi connectivity index (χ3n) is 3.80. The minimum atomic E-state index is -0.129. The third-order valence-corrected chi connectivity index (χ3v) is 3.80. The first kappa shape index (κ1) is 17.8. The second kappa shape index (κ2) is 8.92. The predicted molar refractivity (Wildman–Crippen MR) is 100 cm³/mol. The Hall–Kier alpha value is -2.55. The van der Waals surface area contributed by atoms with E-state index in [1.807, 2.05) is 56.3 Å². The van der Waals surface area contributed by atoms with E-state index in [1.165, 1.54) is 0 Å². The van der Waals surface area contributed by atoms with Gasteiger partial charge in [-0.3, -0.25) is 4.79 Å². The summed E-state index contributed by atoms with van der Waals surface area (Å²) in [6.07, 6.45) is 5.54. The SMILES string of the molecule is CCCCOc1ccc(/C=C/C(=O)Nc2c(C)cccc2C)cc1. The van der Waals surface area contributed by atoms with Gasteiger partial charge in [-0.25, -0.2) is 0 Å². The van der Waals surface area contributed by atoms with Gasteiger partial charge >= 0.3 is 0 Å². The summed E-state index contributed by atoms with van der Waals surface area (Å²) in [7, 11) is 0. The maximum absolute atomic E-state index is 12.1. The zero-order valence-corrected chi connectivity index (χ0v) is 14.6. The minimum Gasteiger partial charge on any atom is -0.494 e. The number of hydrogen-bond donors (Lipinski definition) is 1. The van der Waals surface area contributed by atoms with Crippen LogP contribution in [-0.2, 0) is 4.79 Å². The number of nitrogens with one attached hydrogen (secondary N) is 1. The van der Waals surface area contributed by atoms with Crippen LogP contribution in [0.1, 0.15) is 36.5 Å². The fourth-order valence-electron chi connectivity index (χ4n) is 2.36. The van der Waals surface area contributed by atoms with Gasteiger partial charge in [0.2, 0.25) is 5.91 Å². The molecule has 3 heteroatoms. The molecule has 0 heterocycles. The smallest absolute Gasteiger partial charge is 0.248 e. The summed E-state index contributed by atoms with van der Waals surface area (Å²) in [6, 6.07) is 13.7. The average molecular weight is 323 g/mol. The standard InChI is InChI=1S/C21H25NO2/c1-4-5-15-24-19-12-9-18(10-13-19)11-14-20(23)22-21-16(2)7-6-8-17(21)3/h6-14H,4-5,15H2,1-3H3,(H,22,23)/b14-11+. The predicted octanol–water partition coefficient (Wildman–Crippen LogP) is 5.13. The largest absolute Gasteiger partial charge is 0.494 e. The first-order valence-electron chi connectivity index (χ1n) is 8.38. The summed E-state index contributed by atoms with van der Waals surface area (Å²) < 4.78 is 5.63. The van der Waals surface area contributed by atoms with Gasteiger partial charge in [-0.15, -0.1) is 0 Å². The van der Waals surface area contributed by atoms with Crippen LogP contribution in [0.15, 0.2) is 48.5 Å². The van der Waals surface area contributed by atoms with Crippen molar-refractivity contribution in [1.82, 2.24) is 0 Å². The van der Waals surface area contributed by atoms with E-state index in [0.717, 1.165) is 47.6 Å². The van der Waals surface area contributed by atoms with Crippen LogP contribution in [0.3, 0.4) is 0 Å². The van der Waals surface area contributed by atoms with Crippen LogP contribution in [0.25, 0.3) is 6.08 Å². The van der Waals surface area contributed by atoms with Crippen molar-refractivity contribution < 1.29 is 9.53 Å². The number of aryl methyl sites for hydroxylation is 2. The first-order chi connectivity index (χ1) is 11.6. The van der Waals surface area contributed by atoms with E-state index in [0.29, 0.717) is 0 Å². The molecule has 2 rings (SSSR count). The van der Waals surface area contributed by atoms with Crippen LogP contribution in [0, 0.1) is 13.8 Å². The molecule has 0 aliphatic heterocycles. The Bertz CT molecular complexity index is 682. The number of amides is 1. The molecule has 1 N–H and O–H groups in total. The second-order valence-corrected chi connectivity index (χ2v) is 5.86. The quantitative estimate of drug-likeness (QED) is 0.566. The number of anilines is 1. The topological polar surface area (TPSA) is 38.3 Å². The van der Waals surface area contributed by atoms with Gasteiger partial charge < -0.3 is 10.1 Å². The van der Waals surface area contributed by atoms with Gasteiger partial charge in [0.25, 0.3) is 0 Å². The Balaban J connectivity index is 1.94. The molecule has 2 aromatic rings. The summed E-state index contributed by atoms with van der Waals surface area (Å²) in [6.45, 7) is 6.86. The molecule has 0 radical (unpaired) electrons. The molecule has 0 saturated carbocycles. The maximum Gasteiger partial charge on any atom is 0.248 e. The Morgan fingerprint density at radius 3 is 2.38 bits per heavy atom. The molecule has 0 bridgehead atoms. The molecule has 0 unspecified atom stereocenters. The lowest BCUT2D eigenvalue weighted by molar-refractivity contribution is -0.111. The third kappa shape index (κ3) is 5.27. The van der Waals surface area contributed by atoms with E-state index in [4.69, 9.17) is 4.74 Å². The maximum atomic E-state index is 12.1. The lowest BCUT2D eigenvalue weighted by atomic mass is 10.1. The van der Waals surface area contributed by atoms with Gasteiger partial charge in [0.05, 0.1) is 6.61 Å². The van der Waals surface area contributed by atoms with Crippen molar-refractivity contribution in [3.63, 3.8) is 0 Å². The van der Waals surface area contributed by atoms with Crippen molar-refractivity contribution in [2.24, 2.45) is 0 Å². The fraction of sp³-hybridized carbons (Fsp3) is 0.286. The molecule has 1 amide bonds. The normalized spacial score (nSPS) is 10.8. The Labute approximate surface area is 144 Å². The van der Waals surface area contributed by atoms with Crippen LogP contribution in [-0.4, -0.2) is 12.5 Å². The number of benzene rings is 2. The van der Waals surface area contributed by atoms with Gasteiger partial charge in [-0.05, 0) is 55.2 Å². The van der Waals surface area contributed by atoms with E-state index in [-0.39, 0.29) is 5.91 Å². The summed E-state index contributed by atoms with van der Waals surface area (Å²) >= 11 is 0. The van der Waals surface area contributed by atoms with Gasteiger partial charge in [0.15, 0.2) is 0 Å². The lowest BCUT2D eigenvalue weighted by Crippen LogP contribution is -2.10. The molecule has 0 aliphatic rings. The minimum absolute atomic E-state index is 0.129. The van der Waals surface area contributed by atoms with Gasteiger partial charge in [-0.2, -0.15) is 0 Å². The summed E-state index contributed by atoms with van der Waals surface area (Å²) in [5.41, 5.74) is 3.97.